The van der Waals surface area contributed by atoms with E-state index in [2.05, 4.69) is 18.1 Å². The highest BCUT2D eigenvalue weighted by atomic mass is 32.2. The highest BCUT2D eigenvalue weighted by molar-refractivity contribution is 7.99. The first-order chi connectivity index (χ1) is 15.5. The molecule has 5 nitrogen and oxygen atoms in total. The van der Waals surface area contributed by atoms with Crippen molar-refractivity contribution in [2.24, 2.45) is 0 Å². The number of nitrogens with zero attached hydrogens (tertiary/aromatic N) is 3. The van der Waals surface area contributed by atoms with Crippen molar-refractivity contribution in [2.45, 2.75) is 77.5 Å². The van der Waals surface area contributed by atoms with Crippen LogP contribution < -0.4 is 5.56 Å². The number of ketones is 1. The molecule has 0 fully saturated rings. The van der Waals surface area contributed by atoms with Crippen LogP contribution in [0.25, 0.3) is 10.2 Å². The zero-order valence-corrected chi connectivity index (χ0v) is 20.8. The average molecular weight is 470 g/mol. The molecule has 0 spiro atoms. The topological polar surface area (TPSA) is 56.9 Å². The molecule has 3 aromatic rings. The molecule has 0 N–H and O–H groups in total. The number of thiophene rings is 1. The van der Waals surface area contributed by atoms with Crippen LogP contribution in [0.5, 0.6) is 0 Å². The lowest BCUT2D eigenvalue weighted by Crippen LogP contribution is -2.23. The minimum absolute atomic E-state index is 0.00497. The van der Waals surface area contributed by atoms with E-state index in [9.17, 15) is 9.59 Å². The summed E-state index contributed by atoms with van der Waals surface area (Å²) in [6, 6.07) is 1.98. The maximum absolute atomic E-state index is 13.5. The van der Waals surface area contributed by atoms with Crippen molar-refractivity contribution in [2.75, 3.05) is 5.75 Å². The molecule has 1 aliphatic carbocycles. The van der Waals surface area contributed by atoms with Crippen molar-refractivity contribution in [3.05, 3.63) is 56.5 Å². The SMILES string of the molecule is C=CCn1c(SCC(=O)c2cc(C)n(CCC)c2C)nc2sc3c(c2c1=O)CCCCC3. The van der Waals surface area contributed by atoms with Gasteiger partial charge in [0.2, 0.25) is 0 Å². The second kappa shape index (κ2) is 9.79. The van der Waals surface area contributed by atoms with E-state index in [0.29, 0.717) is 11.7 Å². The molecule has 0 saturated carbocycles. The molecule has 0 atom stereocenters. The number of aryl methyl sites for hydroxylation is 3. The van der Waals surface area contributed by atoms with Gasteiger partial charge in [0.15, 0.2) is 10.9 Å². The van der Waals surface area contributed by atoms with Crippen molar-refractivity contribution in [1.29, 1.82) is 0 Å². The van der Waals surface area contributed by atoms with Gasteiger partial charge in [-0.15, -0.1) is 17.9 Å². The van der Waals surface area contributed by atoms with Gasteiger partial charge in [0.05, 0.1) is 11.1 Å². The number of hydrogen-bond donors (Lipinski definition) is 0. The Morgan fingerprint density at radius 1 is 1.25 bits per heavy atom. The molecule has 0 radical (unpaired) electrons. The number of Topliss-reactive ketones (excluding diaryl/α,β-unsaturated/α-hetero) is 1. The smallest absolute Gasteiger partial charge is 0.263 e. The maximum atomic E-state index is 13.5. The number of carbonyl (C=O) groups excluding carboxylic acids is 1. The molecule has 0 amide bonds. The maximum Gasteiger partial charge on any atom is 0.263 e. The third-order valence-corrected chi connectivity index (χ3v) is 8.42. The number of fused-ring (bicyclic) bond motifs is 3. The highest BCUT2D eigenvalue weighted by Crippen LogP contribution is 2.34. The van der Waals surface area contributed by atoms with E-state index in [1.165, 1.54) is 35.0 Å². The quantitative estimate of drug-likeness (QED) is 0.139. The lowest BCUT2D eigenvalue weighted by molar-refractivity contribution is 0.102. The lowest BCUT2D eigenvalue weighted by Gasteiger charge is -2.11. The molecule has 170 valence electrons. The van der Waals surface area contributed by atoms with Gasteiger partial charge in [0.25, 0.3) is 5.56 Å². The van der Waals surface area contributed by atoms with Gasteiger partial charge in [-0.05, 0) is 57.6 Å². The number of hydrogen-bond acceptors (Lipinski definition) is 5. The largest absolute Gasteiger partial charge is 0.348 e. The van der Waals surface area contributed by atoms with Crippen LogP contribution in [0, 0.1) is 13.8 Å². The third kappa shape index (κ3) is 4.25. The van der Waals surface area contributed by atoms with E-state index in [1.54, 1.807) is 22.0 Å². The molecule has 4 rings (SSSR count). The van der Waals surface area contributed by atoms with Crippen molar-refractivity contribution in [3.8, 4) is 0 Å². The number of thioether (sulfide) groups is 1. The fourth-order valence-electron chi connectivity index (χ4n) is 4.66. The summed E-state index contributed by atoms with van der Waals surface area (Å²) in [5.74, 6) is 0.336. The molecule has 0 aromatic carbocycles. The van der Waals surface area contributed by atoms with Gasteiger partial charge in [0, 0.05) is 34.9 Å². The van der Waals surface area contributed by atoms with E-state index in [4.69, 9.17) is 4.98 Å². The summed E-state index contributed by atoms with van der Waals surface area (Å²) in [5, 5.41) is 1.39. The van der Waals surface area contributed by atoms with E-state index >= 15 is 0 Å². The predicted molar refractivity (Wildman–Crippen MR) is 135 cm³/mol. The normalized spacial score (nSPS) is 13.8. The number of carbonyl (C=O) groups is 1. The second-order valence-electron chi connectivity index (χ2n) is 8.49. The molecular weight excluding hydrogens is 438 g/mol. The molecule has 0 aliphatic heterocycles. The molecule has 0 saturated heterocycles. The Bertz CT molecular complexity index is 1230. The molecule has 1 aliphatic rings. The zero-order valence-electron chi connectivity index (χ0n) is 19.2. The van der Waals surface area contributed by atoms with Crippen LogP contribution in [0.2, 0.25) is 0 Å². The number of allylic oxidation sites excluding steroid dienone is 1. The summed E-state index contributed by atoms with van der Waals surface area (Å²) in [6.45, 7) is 11.3. The fraction of sp³-hybridized carbons (Fsp3) is 0.480. The summed E-state index contributed by atoms with van der Waals surface area (Å²) in [6.07, 6.45) is 8.26. The number of aromatic nitrogens is 3. The zero-order chi connectivity index (χ0) is 22.8. The van der Waals surface area contributed by atoms with Gasteiger partial charge in [-0.3, -0.25) is 14.2 Å². The summed E-state index contributed by atoms with van der Waals surface area (Å²) < 4.78 is 3.89. The summed E-state index contributed by atoms with van der Waals surface area (Å²) >= 11 is 3.02. The van der Waals surface area contributed by atoms with Gasteiger partial charge in [-0.2, -0.15) is 0 Å². The fourth-order valence-corrected chi connectivity index (χ4v) is 6.85. The standard InChI is InChI=1S/C25H31N3O2S2/c1-5-12-27-16(3)14-19(17(27)4)20(29)15-31-25-26-23-22(24(30)28(25)13-6-2)18-10-8-7-9-11-21(18)32-23/h6,14H,2,5,7-13,15H2,1,3-4H3. The Morgan fingerprint density at radius 2 is 2.03 bits per heavy atom. The average Bonchev–Trinajstić information content (AvgIpc) is 3.15. The van der Waals surface area contributed by atoms with E-state index in [0.717, 1.165) is 59.4 Å². The van der Waals surface area contributed by atoms with E-state index < -0.39 is 0 Å². The molecular formula is C25H31N3O2S2. The van der Waals surface area contributed by atoms with Crippen molar-refractivity contribution in [1.82, 2.24) is 14.1 Å². The van der Waals surface area contributed by atoms with Crippen molar-refractivity contribution >= 4 is 39.1 Å². The molecule has 7 heteroatoms. The first-order valence-corrected chi connectivity index (χ1v) is 13.2. The molecule has 0 bridgehead atoms. The molecule has 3 aromatic heterocycles. The Balaban J connectivity index is 1.66. The minimum atomic E-state index is 0.00497. The minimum Gasteiger partial charge on any atom is -0.348 e. The van der Waals surface area contributed by atoms with Crippen LogP contribution in [-0.2, 0) is 25.9 Å². The predicted octanol–water partition coefficient (Wildman–Crippen LogP) is 5.72. The molecule has 32 heavy (non-hydrogen) atoms. The first kappa shape index (κ1) is 23.1. The Morgan fingerprint density at radius 3 is 2.78 bits per heavy atom. The van der Waals surface area contributed by atoms with Crippen LogP contribution in [0.15, 0.2) is 28.7 Å². The highest BCUT2D eigenvalue weighted by Gasteiger charge is 2.22. The van der Waals surface area contributed by atoms with Crippen molar-refractivity contribution in [3.63, 3.8) is 0 Å². The van der Waals surface area contributed by atoms with Gasteiger partial charge < -0.3 is 4.57 Å². The van der Waals surface area contributed by atoms with Gasteiger partial charge in [0.1, 0.15) is 4.83 Å². The molecule has 3 heterocycles. The van der Waals surface area contributed by atoms with Gasteiger partial charge >= 0.3 is 0 Å². The monoisotopic (exact) mass is 469 g/mol. The van der Waals surface area contributed by atoms with Crippen LogP contribution in [-0.4, -0.2) is 25.7 Å². The summed E-state index contributed by atoms with van der Waals surface area (Å²) in [4.78, 5) is 33.5. The Hall–Kier alpha value is -2.12. The third-order valence-electron chi connectivity index (χ3n) is 6.26. The Kier molecular flexibility index (Phi) is 7.05. The Labute approximate surface area is 197 Å². The number of rotatable bonds is 8. The van der Waals surface area contributed by atoms with Crippen LogP contribution in [0.1, 0.15) is 64.8 Å². The first-order valence-electron chi connectivity index (χ1n) is 11.4. The van der Waals surface area contributed by atoms with E-state index in [-0.39, 0.29) is 17.1 Å². The summed E-state index contributed by atoms with van der Waals surface area (Å²) in [7, 11) is 0. The second-order valence-corrected chi connectivity index (χ2v) is 10.5. The van der Waals surface area contributed by atoms with Crippen molar-refractivity contribution < 1.29 is 4.79 Å². The van der Waals surface area contributed by atoms with Crippen LogP contribution in [0.4, 0.5) is 0 Å². The van der Waals surface area contributed by atoms with Gasteiger partial charge in [-0.25, -0.2) is 4.98 Å². The molecule has 0 unspecified atom stereocenters. The van der Waals surface area contributed by atoms with Crippen LogP contribution >= 0.6 is 23.1 Å². The lowest BCUT2D eigenvalue weighted by atomic mass is 10.1. The van der Waals surface area contributed by atoms with Gasteiger partial charge in [-0.1, -0.05) is 31.2 Å². The summed E-state index contributed by atoms with van der Waals surface area (Å²) in [5.41, 5.74) is 4.11. The van der Waals surface area contributed by atoms with E-state index in [1.807, 2.05) is 19.9 Å². The van der Waals surface area contributed by atoms with Crippen LogP contribution in [0.3, 0.4) is 0 Å².